The molecule has 1 atom stereocenters. The summed E-state index contributed by atoms with van der Waals surface area (Å²) in [6.07, 6.45) is 5.87. The number of nitrogens with zero attached hydrogens (tertiary/aromatic N) is 4. The number of fused-ring (bicyclic) bond motifs is 4. The minimum Gasteiger partial charge on any atom is -0.484 e. The van der Waals surface area contributed by atoms with Crippen molar-refractivity contribution in [3.05, 3.63) is 35.5 Å². The van der Waals surface area contributed by atoms with Gasteiger partial charge in [0.1, 0.15) is 17.6 Å². The Morgan fingerprint density at radius 1 is 1.38 bits per heavy atom. The maximum absolute atomic E-state index is 10.0. The van der Waals surface area contributed by atoms with Crippen LogP contribution in [-0.4, -0.2) is 83.1 Å². The van der Waals surface area contributed by atoms with Crippen LogP contribution in [0.25, 0.3) is 10.9 Å². The van der Waals surface area contributed by atoms with Gasteiger partial charge in [0.15, 0.2) is 0 Å². The molecule has 0 spiro atoms. The van der Waals surface area contributed by atoms with Crippen molar-refractivity contribution in [2.75, 3.05) is 33.0 Å². The number of rotatable bonds is 7. The van der Waals surface area contributed by atoms with Gasteiger partial charge >= 0.3 is 0 Å². The molecule has 4 aliphatic heterocycles. The second kappa shape index (κ2) is 8.27. The first-order chi connectivity index (χ1) is 16.5. The summed E-state index contributed by atoms with van der Waals surface area (Å²) in [6.45, 7) is 5.71. The molecule has 1 aromatic carbocycles. The molecule has 180 valence electrons. The lowest BCUT2D eigenvalue weighted by Crippen LogP contribution is -2.60. The Morgan fingerprint density at radius 2 is 2.24 bits per heavy atom. The Hall–Kier alpha value is -2.59. The highest BCUT2D eigenvalue weighted by Crippen LogP contribution is 2.56. The highest BCUT2D eigenvalue weighted by molar-refractivity contribution is 6.32. The minimum atomic E-state index is -0.362. The van der Waals surface area contributed by atoms with E-state index in [1.165, 1.54) is 5.56 Å². The van der Waals surface area contributed by atoms with Gasteiger partial charge in [-0.05, 0) is 55.5 Å². The number of aliphatic hydroxyl groups is 1. The molecule has 9 nitrogen and oxygen atoms in total. The largest absolute Gasteiger partial charge is 0.484 e. The number of hydrazone groups is 1. The molecule has 1 unspecified atom stereocenters. The van der Waals surface area contributed by atoms with Crippen molar-refractivity contribution in [2.24, 2.45) is 15.9 Å². The Balaban J connectivity index is 1.17. The van der Waals surface area contributed by atoms with E-state index in [0.29, 0.717) is 18.4 Å². The standard InChI is InChI=1S/C25H31N5O4/c1-16(34-19-2-3-22-21(6-19)20-4-5-32-9-17(20)7-27-22)23(29-26)8-28-24-12-25(13-24,15-31)30(14-24)18-10-33-11-18/h2-3,6-8,16,18,31H,4-5,9-15,26H2,1H3/b28-8?,29-23+. The number of pyridine rings is 1. The Morgan fingerprint density at radius 3 is 2.97 bits per heavy atom. The van der Waals surface area contributed by atoms with E-state index in [9.17, 15) is 5.11 Å². The summed E-state index contributed by atoms with van der Waals surface area (Å²) >= 11 is 0. The number of hydrogen-bond acceptors (Lipinski definition) is 9. The molecule has 1 aliphatic carbocycles. The van der Waals surface area contributed by atoms with Crippen LogP contribution in [-0.2, 0) is 22.5 Å². The Bertz CT molecular complexity index is 1160. The van der Waals surface area contributed by atoms with Crippen molar-refractivity contribution in [1.82, 2.24) is 9.88 Å². The molecule has 2 bridgehead atoms. The van der Waals surface area contributed by atoms with E-state index in [2.05, 4.69) is 15.0 Å². The van der Waals surface area contributed by atoms with Gasteiger partial charge in [0, 0.05) is 29.9 Å². The van der Waals surface area contributed by atoms with Crippen LogP contribution in [0.4, 0.5) is 0 Å². The normalized spacial score (nSPS) is 30.2. The summed E-state index contributed by atoms with van der Waals surface area (Å²) in [5, 5.41) is 15.1. The molecular weight excluding hydrogens is 434 g/mol. The van der Waals surface area contributed by atoms with Crippen LogP contribution in [0.15, 0.2) is 34.5 Å². The fourth-order valence-corrected chi connectivity index (χ4v) is 6.06. The van der Waals surface area contributed by atoms with Crippen LogP contribution < -0.4 is 10.6 Å². The van der Waals surface area contributed by atoms with Crippen molar-refractivity contribution in [3.8, 4) is 5.75 Å². The van der Waals surface area contributed by atoms with E-state index in [-0.39, 0.29) is 23.8 Å². The number of ether oxygens (including phenoxy) is 3. The van der Waals surface area contributed by atoms with Crippen LogP contribution in [0.5, 0.6) is 5.75 Å². The molecule has 1 saturated carbocycles. The topological polar surface area (TPSA) is 115 Å². The molecule has 2 aromatic rings. The van der Waals surface area contributed by atoms with Crippen LogP contribution >= 0.6 is 0 Å². The molecule has 5 heterocycles. The smallest absolute Gasteiger partial charge is 0.141 e. The highest BCUT2D eigenvalue weighted by Gasteiger charge is 2.67. The van der Waals surface area contributed by atoms with Crippen molar-refractivity contribution < 1.29 is 19.3 Å². The molecule has 7 rings (SSSR count). The average molecular weight is 466 g/mol. The van der Waals surface area contributed by atoms with E-state index in [1.54, 1.807) is 6.21 Å². The van der Waals surface area contributed by atoms with Gasteiger partial charge in [-0.2, -0.15) is 5.10 Å². The first kappa shape index (κ1) is 21.9. The second-order valence-electron chi connectivity index (χ2n) is 10.1. The summed E-state index contributed by atoms with van der Waals surface area (Å²) in [4.78, 5) is 11.9. The van der Waals surface area contributed by atoms with Gasteiger partial charge in [0.05, 0.1) is 50.1 Å². The number of benzene rings is 1. The number of aromatic nitrogens is 1. The molecule has 4 fully saturated rings. The molecule has 0 radical (unpaired) electrons. The van der Waals surface area contributed by atoms with Crippen LogP contribution in [0, 0.1) is 0 Å². The van der Waals surface area contributed by atoms with Crippen molar-refractivity contribution >= 4 is 22.8 Å². The van der Waals surface area contributed by atoms with Crippen LogP contribution in [0.1, 0.15) is 30.9 Å². The maximum Gasteiger partial charge on any atom is 0.141 e. The molecule has 34 heavy (non-hydrogen) atoms. The quantitative estimate of drug-likeness (QED) is 0.361. The summed E-state index contributed by atoms with van der Waals surface area (Å²) in [5.74, 6) is 6.48. The van der Waals surface area contributed by atoms with Gasteiger partial charge < -0.3 is 25.2 Å². The van der Waals surface area contributed by atoms with Crippen LogP contribution in [0.3, 0.4) is 0 Å². The zero-order chi connectivity index (χ0) is 23.3. The fourth-order valence-electron chi connectivity index (χ4n) is 6.06. The summed E-state index contributed by atoms with van der Waals surface area (Å²) < 4.78 is 17.2. The molecule has 5 aliphatic rings. The van der Waals surface area contributed by atoms with E-state index in [0.717, 1.165) is 67.8 Å². The number of hydrogen-bond donors (Lipinski definition) is 2. The van der Waals surface area contributed by atoms with Gasteiger partial charge in [0.25, 0.3) is 0 Å². The number of aliphatic hydroxyl groups excluding tert-OH is 1. The molecule has 1 aromatic heterocycles. The van der Waals surface area contributed by atoms with Crippen molar-refractivity contribution in [1.29, 1.82) is 0 Å². The van der Waals surface area contributed by atoms with Gasteiger partial charge in [-0.3, -0.25) is 14.9 Å². The van der Waals surface area contributed by atoms with E-state index < -0.39 is 0 Å². The lowest BCUT2D eigenvalue weighted by molar-refractivity contribution is -0.0998. The minimum absolute atomic E-state index is 0.156. The summed E-state index contributed by atoms with van der Waals surface area (Å²) in [5.41, 5.74) is 3.61. The average Bonchev–Trinajstić information content (AvgIpc) is 3.28. The third-order valence-electron chi connectivity index (χ3n) is 7.89. The fraction of sp³-hybridized carbons (Fsp3) is 0.560. The van der Waals surface area contributed by atoms with Gasteiger partial charge in [-0.25, -0.2) is 0 Å². The van der Waals surface area contributed by atoms with Crippen LogP contribution in [0.2, 0.25) is 0 Å². The molecule has 3 saturated heterocycles. The lowest BCUT2D eigenvalue weighted by atomic mass is 9.68. The molecule has 0 amide bonds. The SMILES string of the molecule is CC(Oc1ccc2ncc3c(c2c1)CCOC3)/C(C=NC12CN(C3COC3)C(CO)(C1)C2)=N/N. The molecular formula is C25H31N5O4. The summed E-state index contributed by atoms with van der Waals surface area (Å²) in [7, 11) is 0. The second-order valence-corrected chi connectivity index (χ2v) is 10.1. The Labute approximate surface area is 198 Å². The first-order valence-electron chi connectivity index (χ1n) is 12.0. The monoisotopic (exact) mass is 465 g/mol. The predicted octanol–water partition coefficient (Wildman–Crippen LogP) is 1.44. The van der Waals surface area contributed by atoms with E-state index in [1.807, 2.05) is 31.3 Å². The molecule has 3 N–H and O–H groups in total. The Kier molecular flexibility index (Phi) is 5.33. The van der Waals surface area contributed by atoms with Gasteiger partial charge in [-0.15, -0.1) is 0 Å². The zero-order valence-corrected chi connectivity index (χ0v) is 19.4. The first-order valence-corrected chi connectivity index (χ1v) is 12.0. The summed E-state index contributed by atoms with van der Waals surface area (Å²) in [6, 6.07) is 6.35. The third kappa shape index (κ3) is 3.50. The zero-order valence-electron chi connectivity index (χ0n) is 19.4. The van der Waals surface area contributed by atoms with Crippen molar-refractivity contribution in [3.63, 3.8) is 0 Å². The van der Waals surface area contributed by atoms with Gasteiger partial charge in [0.2, 0.25) is 0 Å². The maximum atomic E-state index is 10.0. The third-order valence-corrected chi connectivity index (χ3v) is 7.89. The highest BCUT2D eigenvalue weighted by atomic mass is 16.5. The number of aliphatic imine (C=N–C) groups is 1. The van der Waals surface area contributed by atoms with E-state index in [4.69, 9.17) is 25.0 Å². The molecule has 9 heteroatoms. The van der Waals surface area contributed by atoms with E-state index >= 15 is 0 Å². The van der Waals surface area contributed by atoms with Gasteiger partial charge in [-0.1, -0.05) is 0 Å². The number of nitrogens with two attached hydrogens (primary N) is 1. The predicted molar refractivity (Wildman–Crippen MR) is 128 cm³/mol. The van der Waals surface area contributed by atoms with Crippen molar-refractivity contribution in [2.45, 2.75) is 56.0 Å². The lowest BCUT2D eigenvalue weighted by Gasteiger charge is -2.48.